The van der Waals surface area contributed by atoms with Gasteiger partial charge in [-0.1, -0.05) is 56.6 Å². The van der Waals surface area contributed by atoms with E-state index in [1.54, 1.807) is 0 Å². The average Bonchev–Trinajstić information content (AvgIpc) is 2.48. The Balaban J connectivity index is 3.86. The summed E-state index contributed by atoms with van der Waals surface area (Å²) in [4.78, 5) is 11.2. The largest absolute Gasteiger partial charge is 0.466 e. The summed E-state index contributed by atoms with van der Waals surface area (Å²) >= 11 is 0. The summed E-state index contributed by atoms with van der Waals surface area (Å²) in [6.07, 6.45) is 12.1. The summed E-state index contributed by atoms with van der Waals surface area (Å²) in [5.74, 6) is 9.66. The molecule has 0 aliphatic carbocycles. The zero-order chi connectivity index (χ0) is 18.3. The normalized spacial score (nSPS) is 12.4. The number of hydrogen-bond acceptors (Lipinski definition) is 2. The van der Waals surface area contributed by atoms with Crippen molar-refractivity contribution in [2.24, 2.45) is 5.92 Å². The molecule has 0 bridgehead atoms. The molecule has 0 unspecified atom stereocenters. The van der Waals surface area contributed by atoms with Crippen molar-refractivity contribution >= 4 is 14.0 Å². The highest BCUT2D eigenvalue weighted by Gasteiger charge is 2.06. The lowest BCUT2D eigenvalue weighted by molar-refractivity contribution is -0.143. The summed E-state index contributed by atoms with van der Waals surface area (Å²) in [7, 11) is -1.22. The van der Waals surface area contributed by atoms with Crippen LogP contribution < -0.4 is 0 Å². The maximum absolute atomic E-state index is 11.2. The first-order chi connectivity index (χ1) is 11.3. The molecule has 0 rings (SSSR count). The Kier molecular flexibility index (Phi) is 12.7. The van der Waals surface area contributed by atoms with Crippen LogP contribution in [0.1, 0.15) is 46.0 Å². The van der Waals surface area contributed by atoms with Crippen molar-refractivity contribution in [2.45, 2.75) is 65.6 Å². The highest BCUT2D eigenvalue weighted by atomic mass is 28.3. The van der Waals surface area contributed by atoms with E-state index >= 15 is 0 Å². The molecule has 0 amide bonds. The maximum Gasteiger partial charge on any atom is 0.305 e. The highest BCUT2D eigenvalue weighted by Crippen LogP contribution is 2.07. The van der Waals surface area contributed by atoms with Gasteiger partial charge in [0.15, 0.2) is 0 Å². The monoisotopic (exact) mass is 344 g/mol. The van der Waals surface area contributed by atoms with E-state index < -0.39 is 8.07 Å². The number of esters is 1. The Morgan fingerprint density at radius 2 is 2.00 bits per heavy atom. The lowest BCUT2D eigenvalue weighted by Crippen LogP contribution is -2.16. The van der Waals surface area contributed by atoms with E-state index in [2.05, 4.69) is 55.9 Å². The van der Waals surface area contributed by atoms with Gasteiger partial charge in [0.1, 0.15) is 8.07 Å². The lowest BCUT2D eigenvalue weighted by Gasteiger charge is -2.03. The molecule has 0 heterocycles. The van der Waals surface area contributed by atoms with E-state index in [9.17, 15) is 4.79 Å². The molecule has 0 spiro atoms. The Bertz CT molecular complexity index is 530. The van der Waals surface area contributed by atoms with Gasteiger partial charge in [0, 0.05) is 18.8 Å². The van der Waals surface area contributed by atoms with Crippen LogP contribution in [0.25, 0.3) is 0 Å². The van der Waals surface area contributed by atoms with Gasteiger partial charge < -0.3 is 4.74 Å². The van der Waals surface area contributed by atoms with Crippen LogP contribution in [-0.4, -0.2) is 20.7 Å². The Morgan fingerprint density at radius 1 is 1.25 bits per heavy atom. The number of allylic oxidation sites excluding steroid dienone is 4. The molecule has 0 fully saturated rings. The summed E-state index contributed by atoms with van der Waals surface area (Å²) in [6.45, 7) is 11.1. The lowest BCUT2D eigenvalue weighted by atomic mass is 10.0. The molecule has 0 aliphatic heterocycles. The second-order valence-electron chi connectivity index (χ2n) is 6.76. The van der Waals surface area contributed by atoms with Gasteiger partial charge in [0.05, 0.1) is 6.61 Å². The number of carbonyl (C=O) groups excluding carboxylic acids is 1. The van der Waals surface area contributed by atoms with Crippen LogP contribution in [0.4, 0.5) is 0 Å². The minimum absolute atomic E-state index is 0.114. The van der Waals surface area contributed by atoms with Gasteiger partial charge in [-0.3, -0.25) is 4.79 Å². The van der Waals surface area contributed by atoms with Crippen LogP contribution in [0.15, 0.2) is 24.3 Å². The molecule has 0 saturated heterocycles. The van der Waals surface area contributed by atoms with Crippen LogP contribution in [0.2, 0.25) is 19.6 Å². The molecule has 1 atom stereocenters. The minimum atomic E-state index is -1.22. The molecule has 0 aliphatic rings. The minimum Gasteiger partial charge on any atom is -0.466 e. The number of ether oxygens (including phenoxy) is 1. The summed E-state index contributed by atoms with van der Waals surface area (Å²) in [5.41, 5.74) is 3.36. The zero-order valence-electron chi connectivity index (χ0n) is 15.9. The third-order valence-electron chi connectivity index (χ3n) is 2.98. The third kappa shape index (κ3) is 16.7. The molecule has 2 nitrogen and oxygen atoms in total. The average molecular weight is 345 g/mol. The molecule has 0 aromatic heterocycles. The summed E-state index contributed by atoms with van der Waals surface area (Å²) in [6, 6.07) is 0. The Hall–Kier alpha value is -1.71. The van der Waals surface area contributed by atoms with E-state index in [4.69, 9.17) is 4.74 Å². The van der Waals surface area contributed by atoms with Gasteiger partial charge in [0.2, 0.25) is 0 Å². The van der Waals surface area contributed by atoms with Crippen LogP contribution >= 0.6 is 0 Å². The van der Waals surface area contributed by atoms with Crippen molar-refractivity contribution in [2.75, 3.05) is 6.61 Å². The molecule has 0 radical (unpaired) electrons. The van der Waals surface area contributed by atoms with Crippen molar-refractivity contribution in [3.8, 4) is 23.3 Å². The van der Waals surface area contributed by atoms with Gasteiger partial charge in [-0.05, 0) is 32.3 Å². The molecule has 0 aromatic rings. The number of unbranched alkanes of at least 4 members (excludes halogenated alkanes) is 1. The van der Waals surface area contributed by atoms with E-state index in [0.29, 0.717) is 18.9 Å². The topological polar surface area (TPSA) is 26.3 Å². The quantitative estimate of drug-likeness (QED) is 0.200. The Labute approximate surface area is 149 Å². The van der Waals surface area contributed by atoms with E-state index in [-0.39, 0.29) is 5.97 Å². The molecular weight excluding hydrogens is 312 g/mol. The molecule has 0 aromatic carbocycles. The van der Waals surface area contributed by atoms with Crippen LogP contribution in [0.3, 0.4) is 0 Å². The number of carbonyl (C=O) groups is 1. The molecular formula is C21H32O2Si. The summed E-state index contributed by atoms with van der Waals surface area (Å²) < 4.78 is 4.90. The first-order valence-corrected chi connectivity index (χ1v) is 12.3. The second kappa shape index (κ2) is 13.7. The molecule has 3 heteroatoms. The third-order valence-corrected chi connectivity index (χ3v) is 3.91. The van der Waals surface area contributed by atoms with Crippen molar-refractivity contribution in [1.29, 1.82) is 0 Å². The molecule has 0 N–H and O–H groups in total. The van der Waals surface area contributed by atoms with Gasteiger partial charge in [-0.2, -0.15) is 0 Å². The summed E-state index contributed by atoms with van der Waals surface area (Å²) in [5, 5.41) is 0. The van der Waals surface area contributed by atoms with Crippen LogP contribution in [0.5, 0.6) is 0 Å². The predicted octanol–water partition coefficient (Wildman–Crippen LogP) is 5.13. The molecule has 132 valence electrons. The maximum atomic E-state index is 11.2. The van der Waals surface area contributed by atoms with Crippen molar-refractivity contribution in [3.05, 3.63) is 24.3 Å². The number of hydrogen-bond donors (Lipinski definition) is 0. The van der Waals surface area contributed by atoms with Gasteiger partial charge >= 0.3 is 5.97 Å². The first kappa shape index (κ1) is 22.3. The fourth-order valence-electron chi connectivity index (χ4n) is 1.81. The highest BCUT2D eigenvalue weighted by molar-refractivity contribution is 6.83. The van der Waals surface area contributed by atoms with Crippen molar-refractivity contribution in [1.82, 2.24) is 0 Å². The van der Waals surface area contributed by atoms with Crippen molar-refractivity contribution < 1.29 is 9.53 Å². The number of rotatable bonds is 8. The van der Waals surface area contributed by atoms with E-state index in [0.717, 1.165) is 25.7 Å². The molecule has 24 heavy (non-hydrogen) atoms. The zero-order valence-corrected chi connectivity index (χ0v) is 16.9. The van der Waals surface area contributed by atoms with Gasteiger partial charge in [0.25, 0.3) is 0 Å². The SMILES string of the molecule is CCOC(=O)CCC[C@H](C)C#C/C=C/C=C/CCC#C[Si](C)(C)C. The van der Waals surface area contributed by atoms with Gasteiger partial charge in [-0.15, -0.1) is 11.5 Å². The smallest absolute Gasteiger partial charge is 0.305 e. The fourth-order valence-corrected chi connectivity index (χ4v) is 2.47. The molecule has 0 saturated carbocycles. The second-order valence-corrected chi connectivity index (χ2v) is 11.5. The first-order valence-electron chi connectivity index (χ1n) is 8.83. The predicted molar refractivity (Wildman–Crippen MR) is 106 cm³/mol. The fraction of sp³-hybridized carbons (Fsp3) is 0.571. The van der Waals surface area contributed by atoms with Crippen LogP contribution in [0, 0.1) is 29.2 Å². The Morgan fingerprint density at radius 3 is 2.67 bits per heavy atom. The van der Waals surface area contributed by atoms with E-state index in [1.165, 1.54) is 0 Å². The van der Waals surface area contributed by atoms with Crippen LogP contribution in [-0.2, 0) is 9.53 Å². The van der Waals surface area contributed by atoms with Crippen molar-refractivity contribution in [3.63, 3.8) is 0 Å². The standard InChI is InChI=1S/C21H32O2Si/c1-6-23-21(22)18-15-17-20(2)16-13-11-9-7-8-10-12-14-19-24(3,4)5/h7-9,11,20H,6,10,12,15,17-18H2,1-5H3/b8-7+,11-9+/t20-/m1/s1. The van der Waals surface area contributed by atoms with E-state index in [1.807, 2.05) is 25.2 Å². The van der Waals surface area contributed by atoms with Gasteiger partial charge in [-0.25, -0.2) is 0 Å².